The van der Waals surface area contributed by atoms with Crippen LogP contribution in [0.25, 0.3) is 5.65 Å². The van der Waals surface area contributed by atoms with Gasteiger partial charge in [-0.05, 0) is 25.0 Å². The molecule has 3 aromatic rings. The van der Waals surface area contributed by atoms with Crippen molar-refractivity contribution in [3.8, 4) is 0 Å². The summed E-state index contributed by atoms with van der Waals surface area (Å²) in [6.45, 7) is 3.53. The number of nitrogens with zero attached hydrogens (tertiary/aromatic N) is 5. The van der Waals surface area contributed by atoms with Crippen LogP contribution in [0.5, 0.6) is 0 Å². The van der Waals surface area contributed by atoms with Gasteiger partial charge in [-0.15, -0.1) is 0 Å². The van der Waals surface area contributed by atoms with Crippen LogP contribution >= 0.6 is 0 Å². The van der Waals surface area contributed by atoms with Crippen molar-refractivity contribution in [2.24, 2.45) is 0 Å². The zero-order chi connectivity index (χ0) is 16.5. The third-order valence-electron chi connectivity index (χ3n) is 4.67. The van der Waals surface area contributed by atoms with E-state index >= 15 is 0 Å². The van der Waals surface area contributed by atoms with Crippen LogP contribution in [0.2, 0.25) is 0 Å². The summed E-state index contributed by atoms with van der Waals surface area (Å²) in [6, 6.07) is 3.72. The quantitative estimate of drug-likeness (QED) is 0.799. The van der Waals surface area contributed by atoms with Crippen molar-refractivity contribution in [3.63, 3.8) is 0 Å². The molecule has 4 rings (SSSR count). The van der Waals surface area contributed by atoms with Crippen molar-refractivity contribution in [1.82, 2.24) is 29.5 Å². The van der Waals surface area contributed by atoms with E-state index in [1.54, 1.807) is 6.20 Å². The van der Waals surface area contributed by atoms with Crippen molar-refractivity contribution in [3.05, 3.63) is 47.9 Å². The number of imidazole rings is 1. The molecule has 124 valence electrons. The van der Waals surface area contributed by atoms with Crippen LogP contribution in [-0.2, 0) is 6.42 Å². The number of hydrogen-bond acceptors (Lipinski definition) is 4. The lowest BCUT2D eigenvalue weighted by atomic mass is 9.96. The molecule has 0 aromatic carbocycles. The van der Waals surface area contributed by atoms with E-state index in [-0.39, 0.29) is 5.91 Å². The molecule has 3 aromatic heterocycles. The lowest BCUT2D eigenvalue weighted by molar-refractivity contribution is 0.0710. The fourth-order valence-corrected chi connectivity index (χ4v) is 3.22. The van der Waals surface area contributed by atoms with Crippen molar-refractivity contribution in [2.45, 2.75) is 32.1 Å². The Hall–Kier alpha value is -2.70. The number of fused-ring (bicyclic) bond motifs is 1. The predicted octanol–water partition coefficient (Wildman–Crippen LogP) is 2.03. The maximum atomic E-state index is 12.7. The van der Waals surface area contributed by atoms with Gasteiger partial charge in [0, 0.05) is 44.0 Å². The maximum absolute atomic E-state index is 12.7. The number of pyridine rings is 1. The van der Waals surface area contributed by atoms with Crippen LogP contribution in [0.1, 0.15) is 47.7 Å². The second-order valence-electron chi connectivity index (χ2n) is 6.17. The van der Waals surface area contributed by atoms with E-state index in [0.717, 1.165) is 49.6 Å². The maximum Gasteiger partial charge on any atom is 0.255 e. The highest BCUT2D eigenvalue weighted by Crippen LogP contribution is 2.26. The Morgan fingerprint density at radius 1 is 1.33 bits per heavy atom. The zero-order valence-electron chi connectivity index (χ0n) is 13.6. The molecular weight excluding hydrogens is 304 g/mol. The van der Waals surface area contributed by atoms with Gasteiger partial charge in [0.05, 0.1) is 5.56 Å². The summed E-state index contributed by atoms with van der Waals surface area (Å²) in [5.41, 5.74) is 1.55. The van der Waals surface area contributed by atoms with E-state index in [2.05, 4.69) is 27.1 Å². The summed E-state index contributed by atoms with van der Waals surface area (Å²) in [4.78, 5) is 23.4. The number of H-pyrrole nitrogens is 1. The van der Waals surface area contributed by atoms with Crippen LogP contribution in [0.15, 0.2) is 30.7 Å². The highest BCUT2D eigenvalue weighted by Gasteiger charge is 2.27. The van der Waals surface area contributed by atoms with Gasteiger partial charge in [0.2, 0.25) is 0 Å². The first-order chi connectivity index (χ1) is 11.7. The molecule has 0 aliphatic carbocycles. The van der Waals surface area contributed by atoms with Crippen molar-refractivity contribution in [1.29, 1.82) is 0 Å². The Morgan fingerprint density at radius 2 is 2.17 bits per heavy atom. The summed E-state index contributed by atoms with van der Waals surface area (Å²) >= 11 is 0. The summed E-state index contributed by atoms with van der Waals surface area (Å²) in [7, 11) is 0. The van der Waals surface area contributed by atoms with Crippen molar-refractivity contribution in [2.75, 3.05) is 13.1 Å². The molecule has 1 fully saturated rings. The Balaban J connectivity index is 1.43. The van der Waals surface area contributed by atoms with Gasteiger partial charge >= 0.3 is 0 Å². The van der Waals surface area contributed by atoms with Gasteiger partial charge in [0.15, 0.2) is 5.82 Å². The van der Waals surface area contributed by atoms with Gasteiger partial charge in [0.25, 0.3) is 5.91 Å². The standard InChI is InChI=1S/C17H20N6O/c1-2-14-19-16(21-20-14)12-5-8-22(9-6-12)17(24)13-3-4-15-18-7-10-23(15)11-13/h3-4,7,10-12H,2,5-6,8-9H2,1H3,(H,19,20,21). The Morgan fingerprint density at radius 3 is 2.92 bits per heavy atom. The normalized spacial score (nSPS) is 16.0. The number of aryl methyl sites for hydroxylation is 1. The molecule has 4 heterocycles. The highest BCUT2D eigenvalue weighted by molar-refractivity contribution is 5.94. The van der Waals surface area contributed by atoms with Crippen molar-refractivity contribution < 1.29 is 4.79 Å². The first-order valence-electron chi connectivity index (χ1n) is 8.37. The molecule has 0 bridgehead atoms. The SMILES string of the molecule is CCc1nc(C2CCN(C(=O)c3ccc4nccn4c3)CC2)n[nH]1. The van der Waals surface area contributed by atoms with Crippen molar-refractivity contribution >= 4 is 11.6 Å². The Kier molecular flexibility index (Phi) is 3.76. The fourth-order valence-electron chi connectivity index (χ4n) is 3.22. The smallest absolute Gasteiger partial charge is 0.255 e. The second-order valence-corrected chi connectivity index (χ2v) is 6.17. The lowest BCUT2D eigenvalue weighted by Crippen LogP contribution is -2.38. The van der Waals surface area contributed by atoms with Crippen LogP contribution in [-0.4, -0.2) is 48.5 Å². The number of hydrogen-bond donors (Lipinski definition) is 1. The Bertz CT molecular complexity index is 859. The minimum atomic E-state index is 0.0771. The lowest BCUT2D eigenvalue weighted by Gasteiger charge is -2.30. The fraction of sp³-hybridized carbons (Fsp3) is 0.412. The van der Waals surface area contributed by atoms with Gasteiger partial charge < -0.3 is 9.30 Å². The molecule has 0 radical (unpaired) electrons. The highest BCUT2D eigenvalue weighted by atomic mass is 16.2. The third-order valence-corrected chi connectivity index (χ3v) is 4.67. The summed E-state index contributed by atoms with van der Waals surface area (Å²) < 4.78 is 1.87. The molecular formula is C17H20N6O. The molecule has 7 nitrogen and oxygen atoms in total. The second kappa shape index (κ2) is 6.07. The topological polar surface area (TPSA) is 79.2 Å². The third kappa shape index (κ3) is 2.66. The molecule has 0 unspecified atom stereocenters. The van der Waals surface area contributed by atoms with E-state index < -0.39 is 0 Å². The number of aromatic nitrogens is 5. The molecule has 7 heteroatoms. The first kappa shape index (κ1) is 14.9. The number of rotatable bonds is 3. The number of aromatic amines is 1. The van der Waals surface area contributed by atoms with Crippen LogP contribution in [0.4, 0.5) is 0 Å². The number of carbonyl (C=O) groups is 1. The summed E-state index contributed by atoms with van der Waals surface area (Å²) in [5.74, 6) is 2.23. The minimum Gasteiger partial charge on any atom is -0.339 e. The molecule has 0 saturated carbocycles. The van der Waals surface area contributed by atoms with E-state index in [0.29, 0.717) is 11.5 Å². The molecule has 1 N–H and O–H groups in total. The number of piperidine rings is 1. The predicted molar refractivity (Wildman–Crippen MR) is 88.8 cm³/mol. The molecule has 0 atom stereocenters. The summed E-state index contributed by atoms with van der Waals surface area (Å²) in [5, 5.41) is 7.29. The van der Waals surface area contributed by atoms with Gasteiger partial charge in [-0.25, -0.2) is 9.97 Å². The van der Waals surface area contributed by atoms with E-state index in [1.165, 1.54) is 0 Å². The minimum absolute atomic E-state index is 0.0771. The molecule has 1 aliphatic rings. The Labute approximate surface area is 139 Å². The van der Waals surface area contributed by atoms with E-state index in [1.807, 2.05) is 33.8 Å². The molecule has 24 heavy (non-hydrogen) atoms. The first-order valence-corrected chi connectivity index (χ1v) is 8.37. The van der Waals surface area contributed by atoms with Crippen LogP contribution in [0, 0.1) is 0 Å². The molecule has 1 amide bonds. The summed E-state index contributed by atoms with van der Waals surface area (Å²) in [6.07, 6.45) is 8.10. The van der Waals surface area contributed by atoms with Gasteiger partial charge in [0.1, 0.15) is 11.5 Å². The molecule has 1 aliphatic heterocycles. The monoisotopic (exact) mass is 324 g/mol. The average Bonchev–Trinajstić information content (AvgIpc) is 3.29. The van der Waals surface area contributed by atoms with Gasteiger partial charge in [-0.3, -0.25) is 9.89 Å². The van der Waals surface area contributed by atoms with Gasteiger partial charge in [-0.1, -0.05) is 6.92 Å². The van der Waals surface area contributed by atoms with Gasteiger partial charge in [-0.2, -0.15) is 5.10 Å². The largest absolute Gasteiger partial charge is 0.339 e. The number of carbonyl (C=O) groups excluding carboxylic acids is 1. The molecule has 0 spiro atoms. The number of amides is 1. The zero-order valence-corrected chi connectivity index (χ0v) is 13.6. The van der Waals surface area contributed by atoms with E-state index in [4.69, 9.17) is 0 Å². The van der Waals surface area contributed by atoms with Crippen LogP contribution in [0.3, 0.4) is 0 Å². The number of likely N-dealkylation sites (tertiary alicyclic amines) is 1. The van der Waals surface area contributed by atoms with Crippen LogP contribution < -0.4 is 0 Å². The molecule has 1 saturated heterocycles. The van der Waals surface area contributed by atoms with E-state index in [9.17, 15) is 4.79 Å². The average molecular weight is 324 g/mol. The number of nitrogens with one attached hydrogen (secondary N) is 1.